The summed E-state index contributed by atoms with van der Waals surface area (Å²) in [5.74, 6) is 0. The molecule has 1 nitrogen and oxygen atoms in total. The van der Waals surface area contributed by atoms with Crippen LogP contribution in [0.1, 0.15) is 57.9 Å². The molecule has 0 bridgehead atoms. The van der Waals surface area contributed by atoms with Gasteiger partial charge in [-0.05, 0) is 31.4 Å². The van der Waals surface area contributed by atoms with Crippen LogP contribution < -0.4 is 5.32 Å². The Kier molecular flexibility index (Phi) is 2.46. The maximum atomic E-state index is 3.82. The predicted octanol–water partition coefficient (Wildman–Crippen LogP) is 4.48. The van der Waals surface area contributed by atoms with E-state index in [0.717, 1.165) is 0 Å². The van der Waals surface area contributed by atoms with Crippen LogP contribution in [-0.4, -0.2) is 5.54 Å². The van der Waals surface area contributed by atoms with Gasteiger partial charge in [0.1, 0.15) is 0 Å². The summed E-state index contributed by atoms with van der Waals surface area (Å²) < 4.78 is 0. The number of nitrogens with one attached hydrogen (secondary N) is 1. The topological polar surface area (TPSA) is 12.0 Å². The van der Waals surface area contributed by atoms with E-state index in [1.54, 1.807) is 5.56 Å². The molecule has 1 aliphatic heterocycles. The number of benzene rings is 1. The molecule has 1 heteroatoms. The van der Waals surface area contributed by atoms with Gasteiger partial charge in [0.2, 0.25) is 0 Å². The highest BCUT2D eigenvalue weighted by atomic mass is 15.0. The van der Waals surface area contributed by atoms with E-state index in [0.29, 0.717) is 5.41 Å². The fourth-order valence-corrected chi connectivity index (χ4v) is 3.87. The van der Waals surface area contributed by atoms with Gasteiger partial charge in [0.25, 0.3) is 0 Å². The second-order valence-corrected chi connectivity index (χ2v) is 6.25. The lowest BCUT2D eigenvalue weighted by atomic mass is 9.64. The van der Waals surface area contributed by atoms with Gasteiger partial charge >= 0.3 is 0 Å². The largest absolute Gasteiger partial charge is 0.379 e. The van der Waals surface area contributed by atoms with Gasteiger partial charge in [0.05, 0.1) is 0 Å². The summed E-state index contributed by atoms with van der Waals surface area (Å²) in [4.78, 5) is 0. The average molecular weight is 229 g/mol. The lowest BCUT2D eigenvalue weighted by Crippen LogP contribution is -2.48. The summed E-state index contributed by atoms with van der Waals surface area (Å²) in [6.07, 6.45) is 8.19. The fraction of sp³-hybridized carbons (Fsp3) is 0.625. The van der Waals surface area contributed by atoms with Gasteiger partial charge in [0, 0.05) is 16.6 Å². The molecule has 1 aromatic carbocycles. The van der Waals surface area contributed by atoms with Crippen LogP contribution in [0.5, 0.6) is 0 Å². The van der Waals surface area contributed by atoms with Gasteiger partial charge in [-0.3, -0.25) is 0 Å². The van der Waals surface area contributed by atoms with Crippen molar-refractivity contribution in [1.82, 2.24) is 0 Å². The van der Waals surface area contributed by atoms with Crippen molar-refractivity contribution in [1.29, 1.82) is 0 Å². The lowest BCUT2D eigenvalue weighted by molar-refractivity contribution is 0.237. The Morgan fingerprint density at radius 2 is 1.65 bits per heavy atom. The highest BCUT2D eigenvalue weighted by molar-refractivity contribution is 5.64. The van der Waals surface area contributed by atoms with Crippen LogP contribution in [0.15, 0.2) is 24.3 Å². The predicted molar refractivity (Wildman–Crippen MR) is 73.5 cm³/mol. The monoisotopic (exact) mass is 229 g/mol. The average Bonchev–Trinajstić information content (AvgIpc) is 2.51. The summed E-state index contributed by atoms with van der Waals surface area (Å²) in [5, 5.41) is 3.82. The molecule has 0 saturated heterocycles. The Bertz CT molecular complexity index is 425. The minimum atomic E-state index is 0.261. The minimum Gasteiger partial charge on any atom is -0.379 e. The van der Waals surface area contributed by atoms with Crippen molar-refractivity contribution in [3.63, 3.8) is 0 Å². The van der Waals surface area contributed by atoms with Crippen LogP contribution in [0, 0.1) is 0 Å². The van der Waals surface area contributed by atoms with E-state index in [2.05, 4.69) is 43.4 Å². The molecule has 17 heavy (non-hydrogen) atoms. The first-order valence-corrected chi connectivity index (χ1v) is 7.03. The van der Waals surface area contributed by atoms with Gasteiger partial charge in [-0.2, -0.15) is 0 Å². The first-order valence-electron chi connectivity index (χ1n) is 7.03. The van der Waals surface area contributed by atoms with Crippen molar-refractivity contribution in [2.45, 2.75) is 63.3 Å². The highest BCUT2D eigenvalue weighted by Gasteiger charge is 2.50. The summed E-state index contributed by atoms with van der Waals surface area (Å²) in [6, 6.07) is 8.92. The number of rotatable bonds is 0. The van der Waals surface area contributed by atoms with E-state index in [9.17, 15) is 0 Å². The van der Waals surface area contributed by atoms with Gasteiger partial charge in [-0.15, -0.1) is 0 Å². The molecule has 1 aliphatic carbocycles. The quantitative estimate of drug-likeness (QED) is 0.691. The second-order valence-electron chi connectivity index (χ2n) is 6.25. The Balaban J connectivity index is 2.07. The second kappa shape index (κ2) is 3.76. The number of para-hydroxylation sites is 1. The highest BCUT2D eigenvalue weighted by Crippen LogP contribution is 2.52. The number of anilines is 1. The number of hydrogen-bond donors (Lipinski definition) is 1. The standard InChI is InChI=1S/C16H23N/c1-15-11-7-3-4-8-12-16(15,2)17-14-10-6-5-9-13(14)15/h5-6,9-10,17H,3-4,7-8,11-12H2,1-2H3. The van der Waals surface area contributed by atoms with Crippen molar-refractivity contribution >= 4 is 5.69 Å². The van der Waals surface area contributed by atoms with Crippen LogP contribution in [-0.2, 0) is 5.41 Å². The van der Waals surface area contributed by atoms with Gasteiger partial charge in [-0.1, -0.05) is 50.8 Å². The van der Waals surface area contributed by atoms with E-state index in [1.165, 1.54) is 44.2 Å². The van der Waals surface area contributed by atoms with Crippen molar-refractivity contribution < 1.29 is 0 Å². The molecule has 1 N–H and O–H groups in total. The molecule has 2 aliphatic rings. The Hall–Kier alpha value is -0.980. The molecular formula is C16H23N. The van der Waals surface area contributed by atoms with Crippen molar-refractivity contribution in [3.05, 3.63) is 29.8 Å². The summed E-state index contributed by atoms with van der Waals surface area (Å²) >= 11 is 0. The molecule has 1 heterocycles. The lowest BCUT2D eigenvalue weighted by Gasteiger charge is -2.43. The van der Waals surface area contributed by atoms with Gasteiger partial charge < -0.3 is 5.32 Å². The summed E-state index contributed by atoms with van der Waals surface area (Å²) in [6.45, 7) is 4.90. The summed E-state index contributed by atoms with van der Waals surface area (Å²) in [7, 11) is 0. The van der Waals surface area contributed by atoms with Crippen LogP contribution in [0.25, 0.3) is 0 Å². The number of fused-ring (bicyclic) bond motifs is 3. The zero-order valence-corrected chi connectivity index (χ0v) is 11.1. The normalized spacial score (nSPS) is 36.4. The van der Waals surface area contributed by atoms with Crippen LogP contribution >= 0.6 is 0 Å². The maximum absolute atomic E-state index is 3.82. The zero-order valence-electron chi connectivity index (χ0n) is 11.1. The Morgan fingerprint density at radius 1 is 0.941 bits per heavy atom. The molecule has 0 radical (unpaired) electrons. The third kappa shape index (κ3) is 1.51. The maximum Gasteiger partial charge on any atom is 0.0440 e. The molecule has 1 saturated carbocycles. The van der Waals surface area contributed by atoms with E-state index < -0.39 is 0 Å². The van der Waals surface area contributed by atoms with Crippen molar-refractivity contribution in [2.24, 2.45) is 0 Å². The Labute approximate surface area is 105 Å². The van der Waals surface area contributed by atoms with Crippen LogP contribution in [0.3, 0.4) is 0 Å². The van der Waals surface area contributed by atoms with Crippen LogP contribution in [0.2, 0.25) is 0 Å². The SMILES string of the molecule is CC12CCCCCCC1(C)c1ccccc1N2. The van der Waals surface area contributed by atoms with E-state index >= 15 is 0 Å². The molecule has 3 rings (SSSR count). The molecule has 92 valence electrons. The molecule has 0 spiro atoms. The van der Waals surface area contributed by atoms with Crippen molar-refractivity contribution in [2.75, 3.05) is 5.32 Å². The fourth-order valence-electron chi connectivity index (χ4n) is 3.87. The molecule has 2 atom stereocenters. The number of hydrogen-bond acceptors (Lipinski definition) is 1. The van der Waals surface area contributed by atoms with Crippen LogP contribution in [0.4, 0.5) is 5.69 Å². The smallest absolute Gasteiger partial charge is 0.0440 e. The molecular weight excluding hydrogens is 206 g/mol. The molecule has 1 aromatic rings. The zero-order chi connectivity index (χ0) is 11.9. The molecule has 1 fully saturated rings. The summed E-state index contributed by atoms with van der Waals surface area (Å²) in [5.41, 5.74) is 3.50. The molecule has 2 unspecified atom stereocenters. The van der Waals surface area contributed by atoms with E-state index in [-0.39, 0.29) is 5.54 Å². The molecule has 0 aromatic heterocycles. The van der Waals surface area contributed by atoms with Crippen molar-refractivity contribution in [3.8, 4) is 0 Å². The van der Waals surface area contributed by atoms with Gasteiger partial charge in [-0.25, -0.2) is 0 Å². The first kappa shape index (κ1) is 11.1. The van der Waals surface area contributed by atoms with E-state index in [1.807, 2.05) is 0 Å². The van der Waals surface area contributed by atoms with E-state index in [4.69, 9.17) is 0 Å². The first-order chi connectivity index (χ1) is 8.16. The Morgan fingerprint density at radius 3 is 2.47 bits per heavy atom. The van der Waals surface area contributed by atoms with Gasteiger partial charge in [0.15, 0.2) is 0 Å². The third-order valence-corrected chi connectivity index (χ3v) is 5.25. The third-order valence-electron chi connectivity index (χ3n) is 5.25. The molecule has 0 amide bonds. The minimum absolute atomic E-state index is 0.261.